The van der Waals surface area contributed by atoms with Crippen LogP contribution in [0, 0.1) is 5.82 Å². The summed E-state index contributed by atoms with van der Waals surface area (Å²) in [5.41, 5.74) is 0.196. The van der Waals surface area contributed by atoms with Gasteiger partial charge in [0.05, 0.1) is 7.11 Å². The summed E-state index contributed by atoms with van der Waals surface area (Å²) in [6.07, 6.45) is 3.20. The first-order valence-corrected chi connectivity index (χ1v) is 14.3. The Morgan fingerprint density at radius 1 is 0.943 bits per heavy atom. The minimum absolute atomic E-state index is 0.0676. The highest BCUT2D eigenvalue weighted by molar-refractivity contribution is 7.89. The number of carbonyl (C=O) groups is 1. The zero-order valence-electron chi connectivity index (χ0n) is 19.3. The van der Waals surface area contributed by atoms with Crippen molar-refractivity contribution >= 4 is 31.6 Å². The third-order valence-electron chi connectivity index (χ3n) is 6.29. The Balaban J connectivity index is 1.59. The van der Waals surface area contributed by atoms with Crippen LogP contribution in [0.25, 0.3) is 0 Å². The van der Waals surface area contributed by atoms with Gasteiger partial charge in [-0.25, -0.2) is 21.2 Å². The molecule has 9 nitrogen and oxygen atoms in total. The number of sulfonamides is 2. The number of nitrogens with zero attached hydrogens (tertiary/aromatic N) is 2. The van der Waals surface area contributed by atoms with E-state index in [0.717, 1.165) is 29.6 Å². The molecule has 1 amide bonds. The molecular weight excluding hydrogens is 497 g/mol. The Morgan fingerprint density at radius 3 is 2.34 bits per heavy atom. The summed E-state index contributed by atoms with van der Waals surface area (Å²) in [7, 11) is -6.72. The molecule has 0 aromatic heterocycles. The molecule has 1 atom stereocenters. The van der Waals surface area contributed by atoms with Gasteiger partial charge in [-0.15, -0.1) is 0 Å². The number of halogens is 1. The molecule has 0 saturated carbocycles. The lowest BCUT2D eigenvalue weighted by Gasteiger charge is -2.27. The van der Waals surface area contributed by atoms with Crippen molar-refractivity contribution in [3.05, 3.63) is 48.3 Å². The van der Waals surface area contributed by atoms with Crippen molar-refractivity contribution in [3.8, 4) is 5.75 Å². The van der Waals surface area contributed by atoms with Crippen LogP contribution in [0.5, 0.6) is 5.75 Å². The summed E-state index contributed by atoms with van der Waals surface area (Å²) >= 11 is 0. The van der Waals surface area contributed by atoms with Gasteiger partial charge < -0.3 is 10.1 Å². The molecule has 2 aliphatic heterocycles. The average molecular weight is 526 g/mol. The molecule has 0 radical (unpaired) electrons. The molecule has 2 saturated heterocycles. The second kappa shape index (κ2) is 10.2. The third-order valence-corrected chi connectivity index (χ3v) is 10.2. The molecule has 2 aromatic rings. The highest BCUT2D eigenvalue weighted by Gasteiger charge is 2.40. The van der Waals surface area contributed by atoms with E-state index in [2.05, 4.69) is 5.32 Å². The molecule has 0 bridgehead atoms. The SMILES string of the molecule is COc1ccc(NC(=O)[C@@H]2CCCN2S(=O)(=O)c2ccccc2F)cc1S(=O)(=O)N1CCCCC1. The Morgan fingerprint density at radius 2 is 1.66 bits per heavy atom. The maximum Gasteiger partial charge on any atom is 0.246 e. The predicted octanol–water partition coefficient (Wildman–Crippen LogP) is 2.80. The lowest BCUT2D eigenvalue weighted by Crippen LogP contribution is -2.43. The van der Waals surface area contributed by atoms with Crippen LogP contribution in [0.15, 0.2) is 52.3 Å². The van der Waals surface area contributed by atoms with E-state index in [0.29, 0.717) is 19.5 Å². The lowest BCUT2D eigenvalue weighted by molar-refractivity contribution is -0.119. The summed E-state index contributed by atoms with van der Waals surface area (Å²) in [5.74, 6) is -1.35. The molecule has 35 heavy (non-hydrogen) atoms. The standard InChI is InChI=1S/C23H28FN3O6S2/c1-33-20-12-11-17(16-22(20)34(29,30)26-13-5-2-6-14-26)25-23(28)19-9-7-15-27(19)35(31,32)21-10-4-3-8-18(21)24/h3-4,8,10-12,16,19H,2,5-7,9,13-15H2,1H3,(H,25,28)/t19-/m0/s1. The Kier molecular flexibility index (Phi) is 7.46. The molecule has 12 heteroatoms. The van der Waals surface area contributed by atoms with Crippen LogP contribution in [0.2, 0.25) is 0 Å². The summed E-state index contributed by atoms with van der Waals surface area (Å²) in [5, 5.41) is 2.64. The third kappa shape index (κ3) is 5.06. The van der Waals surface area contributed by atoms with Crippen molar-refractivity contribution in [2.24, 2.45) is 0 Å². The van der Waals surface area contributed by atoms with E-state index < -0.39 is 42.7 Å². The van der Waals surface area contributed by atoms with Crippen molar-refractivity contribution in [1.82, 2.24) is 8.61 Å². The Labute approximate surface area is 205 Å². The first kappa shape index (κ1) is 25.5. The van der Waals surface area contributed by atoms with Crippen LogP contribution < -0.4 is 10.1 Å². The van der Waals surface area contributed by atoms with Gasteiger partial charge in [-0.1, -0.05) is 18.6 Å². The lowest BCUT2D eigenvalue weighted by atomic mass is 10.2. The first-order chi connectivity index (χ1) is 16.7. The number of amides is 1. The highest BCUT2D eigenvalue weighted by Crippen LogP contribution is 2.32. The van der Waals surface area contributed by atoms with Crippen LogP contribution >= 0.6 is 0 Å². The maximum atomic E-state index is 14.2. The largest absolute Gasteiger partial charge is 0.495 e. The minimum Gasteiger partial charge on any atom is -0.495 e. The molecule has 0 spiro atoms. The van der Waals surface area contributed by atoms with Crippen molar-refractivity contribution in [2.45, 2.75) is 47.9 Å². The Bertz CT molecular complexity index is 1310. The monoisotopic (exact) mass is 525 g/mol. The number of benzene rings is 2. The number of carbonyl (C=O) groups excluding carboxylic acids is 1. The number of anilines is 1. The van der Waals surface area contributed by atoms with Crippen LogP contribution in [-0.2, 0) is 24.8 Å². The summed E-state index contributed by atoms with van der Waals surface area (Å²) in [6, 6.07) is 8.25. The molecule has 2 aliphatic rings. The number of ether oxygens (including phenoxy) is 1. The van der Waals surface area contributed by atoms with Crippen LogP contribution in [-0.4, -0.2) is 64.1 Å². The minimum atomic E-state index is -4.24. The predicted molar refractivity (Wildman–Crippen MR) is 128 cm³/mol. The zero-order chi connectivity index (χ0) is 25.2. The quantitative estimate of drug-likeness (QED) is 0.595. The Hall–Kier alpha value is -2.54. The fourth-order valence-corrected chi connectivity index (χ4v) is 7.92. The number of piperidine rings is 1. The van der Waals surface area contributed by atoms with E-state index in [1.54, 1.807) is 0 Å². The molecule has 0 aliphatic carbocycles. The van der Waals surface area contributed by atoms with Crippen molar-refractivity contribution < 1.29 is 30.8 Å². The zero-order valence-corrected chi connectivity index (χ0v) is 20.9. The van der Waals surface area contributed by atoms with Gasteiger partial charge in [0.1, 0.15) is 27.4 Å². The topological polar surface area (TPSA) is 113 Å². The van der Waals surface area contributed by atoms with Gasteiger partial charge in [-0.05, 0) is 56.0 Å². The molecule has 0 unspecified atom stereocenters. The number of methoxy groups -OCH3 is 1. The van der Waals surface area contributed by atoms with E-state index in [1.807, 2.05) is 0 Å². The second-order valence-electron chi connectivity index (χ2n) is 8.52. The van der Waals surface area contributed by atoms with Gasteiger partial charge in [-0.3, -0.25) is 4.79 Å². The first-order valence-electron chi connectivity index (χ1n) is 11.4. The highest BCUT2D eigenvalue weighted by atomic mass is 32.2. The molecule has 2 aromatic carbocycles. The van der Waals surface area contributed by atoms with Crippen LogP contribution in [0.3, 0.4) is 0 Å². The van der Waals surface area contributed by atoms with E-state index in [4.69, 9.17) is 4.74 Å². The van der Waals surface area contributed by atoms with Crippen molar-refractivity contribution in [3.63, 3.8) is 0 Å². The smallest absolute Gasteiger partial charge is 0.246 e. The van der Waals surface area contributed by atoms with E-state index in [9.17, 15) is 26.0 Å². The number of hydrogen-bond acceptors (Lipinski definition) is 6. The van der Waals surface area contributed by atoms with Crippen molar-refractivity contribution in [2.75, 3.05) is 32.1 Å². The molecule has 2 heterocycles. The number of nitrogens with one attached hydrogen (secondary N) is 1. The van der Waals surface area contributed by atoms with E-state index in [-0.39, 0.29) is 29.3 Å². The normalized spacial score (nSPS) is 20.0. The van der Waals surface area contributed by atoms with Gasteiger partial charge in [0.15, 0.2) is 0 Å². The van der Waals surface area contributed by atoms with Gasteiger partial charge in [0, 0.05) is 25.3 Å². The fourth-order valence-electron chi connectivity index (χ4n) is 4.50. The molecule has 4 rings (SSSR count). The summed E-state index contributed by atoms with van der Waals surface area (Å²) in [4.78, 5) is 12.5. The van der Waals surface area contributed by atoms with Gasteiger partial charge in [0.2, 0.25) is 26.0 Å². The van der Waals surface area contributed by atoms with E-state index in [1.165, 1.54) is 47.8 Å². The molecule has 190 valence electrons. The van der Waals surface area contributed by atoms with Gasteiger partial charge in [0.25, 0.3) is 0 Å². The summed E-state index contributed by atoms with van der Waals surface area (Å²) in [6.45, 7) is 0.895. The van der Waals surface area contributed by atoms with E-state index >= 15 is 0 Å². The average Bonchev–Trinajstić information content (AvgIpc) is 3.36. The molecular formula is C23H28FN3O6S2. The summed E-state index contributed by atoms with van der Waals surface area (Å²) < 4.78 is 74.5. The second-order valence-corrected chi connectivity index (χ2v) is 12.3. The maximum absolute atomic E-state index is 14.2. The van der Waals surface area contributed by atoms with Crippen LogP contribution in [0.1, 0.15) is 32.1 Å². The molecule has 1 N–H and O–H groups in total. The number of hydrogen-bond donors (Lipinski definition) is 1. The molecule has 2 fully saturated rings. The number of rotatable bonds is 7. The van der Waals surface area contributed by atoms with Gasteiger partial charge >= 0.3 is 0 Å². The fraction of sp³-hybridized carbons (Fsp3) is 0.435. The van der Waals surface area contributed by atoms with Crippen LogP contribution in [0.4, 0.5) is 10.1 Å². The van der Waals surface area contributed by atoms with Gasteiger partial charge in [-0.2, -0.15) is 8.61 Å². The van der Waals surface area contributed by atoms with Crippen molar-refractivity contribution in [1.29, 1.82) is 0 Å².